The molecular formula is C17H24N4OS2. The first-order valence-corrected chi connectivity index (χ1v) is 9.73. The van der Waals surface area contributed by atoms with Crippen LogP contribution in [0, 0.1) is 20.8 Å². The van der Waals surface area contributed by atoms with E-state index in [1.165, 1.54) is 28.7 Å². The van der Waals surface area contributed by atoms with Gasteiger partial charge in [-0.1, -0.05) is 47.7 Å². The van der Waals surface area contributed by atoms with Crippen LogP contribution in [0.5, 0.6) is 0 Å². The van der Waals surface area contributed by atoms with Crippen molar-refractivity contribution in [1.82, 2.24) is 10.2 Å². The first kappa shape index (κ1) is 18.7. The molecule has 0 fully saturated rings. The number of amides is 1. The highest BCUT2D eigenvalue weighted by Crippen LogP contribution is 2.30. The van der Waals surface area contributed by atoms with Crippen molar-refractivity contribution >= 4 is 39.8 Å². The van der Waals surface area contributed by atoms with Gasteiger partial charge in [-0.3, -0.25) is 4.79 Å². The van der Waals surface area contributed by atoms with Gasteiger partial charge in [0.15, 0.2) is 4.34 Å². The summed E-state index contributed by atoms with van der Waals surface area (Å²) in [6.07, 6.45) is 1.04. The molecule has 5 nitrogen and oxygen atoms in total. The van der Waals surface area contributed by atoms with Crippen LogP contribution in [-0.4, -0.2) is 27.9 Å². The van der Waals surface area contributed by atoms with Crippen molar-refractivity contribution in [3.63, 3.8) is 0 Å². The fourth-order valence-corrected chi connectivity index (χ4v) is 4.29. The lowest BCUT2D eigenvalue weighted by Gasteiger charge is -2.15. The van der Waals surface area contributed by atoms with E-state index in [2.05, 4.69) is 46.8 Å². The topological polar surface area (TPSA) is 66.9 Å². The molecule has 1 aromatic heterocycles. The summed E-state index contributed by atoms with van der Waals surface area (Å²) in [5.41, 5.74) is 4.27. The number of carbonyl (C=O) groups is 1. The predicted octanol–water partition coefficient (Wildman–Crippen LogP) is 4.40. The van der Waals surface area contributed by atoms with E-state index < -0.39 is 0 Å². The van der Waals surface area contributed by atoms with Crippen LogP contribution in [0.1, 0.15) is 37.0 Å². The summed E-state index contributed by atoms with van der Waals surface area (Å²) >= 11 is 2.92. The number of rotatable bonds is 7. The molecule has 0 bridgehead atoms. The number of hydrogen-bond donors (Lipinski definition) is 2. The lowest BCUT2D eigenvalue weighted by atomic mass is 10.1. The maximum Gasteiger partial charge on any atom is 0.237 e. The quantitative estimate of drug-likeness (QED) is 0.713. The number of nitrogens with one attached hydrogen (secondary N) is 2. The molecule has 1 unspecified atom stereocenters. The Bertz CT molecular complexity index is 691. The fourth-order valence-electron chi connectivity index (χ4n) is 2.37. The van der Waals surface area contributed by atoms with Crippen molar-refractivity contribution in [2.45, 2.75) is 50.6 Å². The predicted molar refractivity (Wildman–Crippen MR) is 103 cm³/mol. The van der Waals surface area contributed by atoms with Crippen LogP contribution in [-0.2, 0) is 4.79 Å². The second-order valence-electron chi connectivity index (χ2n) is 5.82. The fraction of sp³-hybridized carbons (Fsp3) is 0.471. The van der Waals surface area contributed by atoms with Gasteiger partial charge < -0.3 is 10.6 Å². The average Bonchev–Trinajstić information content (AvgIpc) is 2.95. The minimum absolute atomic E-state index is 0.0201. The van der Waals surface area contributed by atoms with Crippen molar-refractivity contribution in [2.75, 3.05) is 17.2 Å². The number of carbonyl (C=O) groups excluding carboxylic acids is 1. The smallest absolute Gasteiger partial charge is 0.237 e. The van der Waals surface area contributed by atoms with Crippen molar-refractivity contribution < 1.29 is 4.79 Å². The molecule has 0 saturated heterocycles. The first-order chi connectivity index (χ1) is 11.4. The van der Waals surface area contributed by atoms with E-state index in [4.69, 9.17) is 0 Å². The molecule has 2 rings (SSSR count). The third kappa shape index (κ3) is 4.95. The average molecular weight is 365 g/mol. The number of anilines is 2. The van der Waals surface area contributed by atoms with Gasteiger partial charge in [-0.15, -0.1) is 10.2 Å². The minimum atomic E-state index is -0.239. The van der Waals surface area contributed by atoms with Gasteiger partial charge >= 0.3 is 0 Å². The van der Waals surface area contributed by atoms with E-state index in [9.17, 15) is 4.79 Å². The van der Waals surface area contributed by atoms with Crippen LogP contribution in [0.25, 0.3) is 0 Å². The maximum absolute atomic E-state index is 12.5. The number of thioether (sulfide) groups is 1. The Labute approximate surface area is 151 Å². The Morgan fingerprint density at radius 3 is 2.54 bits per heavy atom. The van der Waals surface area contributed by atoms with Crippen molar-refractivity contribution in [3.8, 4) is 0 Å². The SMILES string of the molecule is CCCNc1nnc(SC(C)C(=O)Nc2c(C)cc(C)cc2C)s1. The molecule has 2 N–H and O–H groups in total. The van der Waals surface area contributed by atoms with Gasteiger partial charge in [0, 0.05) is 12.2 Å². The Hall–Kier alpha value is -1.60. The van der Waals surface area contributed by atoms with E-state index in [0.717, 1.165) is 39.3 Å². The van der Waals surface area contributed by atoms with Gasteiger partial charge in [0.2, 0.25) is 11.0 Å². The number of nitrogens with zero attached hydrogens (tertiary/aromatic N) is 2. The lowest BCUT2D eigenvalue weighted by Crippen LogP contribution is -2.23. The Balaban J connectivity index is 1.99. The molecule has 0 spiro atoms. The summed E-state index contributed by atoms with van der Waals surface area (Å²) < 4.78 is 0.800. The van der Waals surface area contributed by atoms with E-state index >= 15 is 0 Å². The summed E-state index contributed by atoms with van der Waals surface area (Å²) in [4.78, 5) is 12.5. The van der Waals surface area contributed by atoms with E-state index in [1.54, 1.807) is 0 Å². The molecule has 0 aliphatic carbocycles. The van der Waals surface area contributed by atoms with Crippen molar-refractivity contribution in [2.24, 2.45) is 0 Å². The Morgan fingerprint density at radius 1 is 1.25 bits per heavy atom. The van der Waals surface area contributed by atoms with Crippen molar-refractivity contribution in [1.29, 1.82) is 0 Å². The summed E-state index contributed by atoms with van der Waals surface area (Å²) in [7, 11) is 0. The molecule has 0 saturated carbocycles. The van der Waals surface area contributed by atoms with Gasteiger partial charge in [-0.2, -0.15) is 0 Å². The molecule has 0 aliphatic heterocycles. The van der Waals surface area contributed by atoms with Crippen molar-refractivity contribution in [3.05, 3.63) is 28.8 Å². The van der Waals surface area contributed by atoms with Crippen LogP contribution >= 0.6 is 23.1 Å². The number of benzene rings is 1. The molecule has 2 aromatic rings. The third-order valence-electron chi connectivity index (χ3n) is 3.50. The molecule has 0 radical (unpaired) electrons. The normalized spacial score (nSPS) is 12.0. The van der Waals surface area contributed by atoms with Crippen LogP contribution in [0.4, 0.5) is 10.8 Å². The minimum Gasteiger partial charge on any atom is -0.360 e. The van der Waals surface area contributed by atoms with E-state index in [-0.39, 0.29) is 11.2 Å². The summed E-state index contributed by atoms with van der Waals surface area (Å²) in [5.74, 6) is -0.0201. The summed E-state index contributed by atoms with van der Waals surface area (Å²) in [5, 5.41) is 15.0. The van der Waals surface area contributed by atoms with E-state index in [0.29, 0.717) is 0 Å². The molecule has 24 heavy (non-hydrogen) atoms. The number of aryl methyl sites for hydroxylation is 3. The highest BCUT2D eigenvalue weighted by Gasteiger charge is 2.18. The van der Waals surface area contributed by atoms with Crippen LogP contribution in [0.3, 0.4) is 0 Å². The Morgan fingerprint density at radius 2 is 1.92 bits per heavy atom. The van der Waals surface area contributed by atoms with Crippen LogP contribution in [0.2, 0.25) is 0 Å². The molecule has 1 heterocycles. The van der Waals surface area contributed by atoms with Crippen LogP contribution in [0.15, 0.2) is 16.5 Å². The highest BCUT2D eigenvalue weighted by atomic mass is 32.2. The molecule has 1 atom stereocenters. The first-order valence-electron chi connectivity index (χ1n) is 8.03. The molecule has 0 aliphatic rings. The molecule has 1 aromatic carbocycles. The number of aromatic nitrogens is 2. The van der Waals surface area contributed by atoms with Gasteiger partial charge in [0.05, 0.1) is 5.25 Å². The molecule has 130 valence electrons. The second-order valence-corrected chi connectivity index (χ2v) is 8.39. The maximum atomic E-state index is 12.5. The van der Waals surface area contributed by atoms with Crippen LogP contribution < -0.4 is 10.6 Å². The zero-order valence-corrected chi connectivity index (χ0v) is 16.4. The lowest BCUT2D eigenvalue weighted by molar-refractivity contribution is -0.115. The van der Waals surface area contributed by atoms with Gasteiger partial charge in [0.25, 0.3) is 0 Å². The van der Waals surface area contributed by atoms with Gasteiger partial charge in [-0.25, -0.2) is 0 Å². The second kappa shape index (κ2) is 8.48. The number of hydrogen-bond acceptors (Lipinski definition) is 6. The largest absolute Gasteiger partial charge is 0.360 e. The Kier molecular flexibility index (Phi) is 6.62. The zero-order valence-electron chi connectivity index (χ0n) is 14.8. The molecule has 1 amide bonds. The van der Waals surface area contributed by atoms with Gasteiger partial charge in [0.1, 0.15) is 0 Å². The van der Waals surface area contributed by atoms with E-state index in [1.807, 2.05) is 20.8 Å². The zero-order chi connectivity index (χ0) is 17.7. The summed E-state index contributed by atoms with van der Waals surface area (Å²) in [6, 6.07) is 4.16. The summed E-state index contributed by atoms with van der Waals surface area (Å²) in [6.45, 7) is 11.0. The monoisotopic (exact) mass is 364 g/mol. The molecule has 7 heteroatoms. The third-order valence-corrected chi connectivity index (χ3v) is 5.57. The standard InChI is InChI=1S/C17H24N4OS2/c1-6-7-18-16-20-21-17(24-16)23-13(5)15(22)19-14-11(3)8-10(2)9-12(14)4/h8-9,13H,6-7H2,1-5H3,(H,18,20)(H,19,22). The molecular weight excluding hydrogens is 340 g/mol. The highest BCUT2D eigenvalue weighted by molar-refractivity contribution is 8.02. The van der Waals surface area contributed by atoms with Gasteiger partial charge in [-0.05, 0) is 45.2 Å².